The van der Waals surface area contributed by atoms with Crippen LogP contribution in [0.25, 0.3) is 0 Å². The van der Waals surface area contributed by atoms with Gasteiger partial charge in [-0.1, -0.05) is 12.1 Å². The highest BCUT2D eigenvalue weighted by Crippen LogP contribution is 2.12. The molecule has 1 aromatic carbocycles. The van der Waals surface area contributed by atoms with Crippen molar-refractivity contribution in [3.05, 3.63) is 29.8 Å². The summed E-state index contributed by atoms with van der Waals surface area (Å²) in [5.41, 5.74) is 5.99. The first-order chi connectivity index (χ1) is 8.85. The Labute approximate surface area is 118 Å². The number of hydrogen-bond acceptors (Lipinski definition) is 3. The maximum Gasteiger partial charge on any atom is 0.240 e. The molecule has 0 saturated heterocycles. The molecule has 1 unspecified atom stereocenters. The van der Waals surface area contributed by atoms with Crippen LogP contribution >= 0.6 is 11.6 Å². The van der Waals surface area contributed by atoms with Crippen molar-refractivity contribution < 1.29 is 13.2 Å². The van der Waals surface area contributed by atoms with Gasteiger partial charge in [0.2, 0.25) is 15.9 Å². The number of hydrogen-bond donors (Lipinski definition) is 2. The van der Waals surface area contributed by atoms with Crippen LogP contribution in [-0.2, 0) is 21.2 Å². The third kappa shape index (κ3) is 5.18. The number of benzene rings is 1. The van der Waals surface area contributed by atoms with Crippen LogP contribution in [0.15, 0.2) is 29.2 Å². The van der Waals surface area contributed by atoms with E-state index < -0.39 is 22.0 Å². The van der Waals surface area contributed by atoms with Gasteiger partial charge in [0.25, 0.3) is 0 Å². The van der Waals surface area contributed by atoms with E-state index in [9.17, 15) is 13.2 Å². The van der Waals surface area contributed by atoms with Crippen molar-refractivity contribution in [1.29, 1.82) is 0 Å². The molecule has 0 aliphatic rings. The lowest BCUT2D eigenvalue weighted by Gasteiger charge is -2.12. The van der Waals surface area contributed by atoms with Crippen LogP contribution in [0.2, 0.25) is 0 Å². The number of primary amides is 1. The molecule has 1 aromatic rings. The maximum atomic E-state index is 12.0. The van der Waals surface area contributed by atoms with Gasteiger partial charge >= 0.3 is 0 Å². The summed E-state index contributed by atoms with van der Waals surface area (Å²) in [5.74, 6) is -0.0624. The van der Waals surface area contributed by atoms with Crippen molar-refractivity contribution in [2.75, 3.05) is 5.88 Å². The Morgan fingerprint density at radius 1 is 1.37 bits per heavy atom. The molecule has 0 radical (unpaired) electrons. The number of amides is 1. The summed E-state index contributed by atoms with van der Waals surface area (Å²) in [6.07, 6.45) is 0.650. The minimum absolute atomic E-state index is 0.0381. The Kier molecular flexibility index (Phi) is 5.78. The molecule has 0 spiro atoms. The summed E-state index contributed by atoms with van der Waals surface area (Å²) in [6.45, 7) is 1.59. The molecule has 0 bridgehead atoms. The summed E-state index contributed by atoms with van der Waals surface area (Å²) in [5, 5.41) is 0. The SMILES string of the molecule is CC(CC(N)=O)NS(=O)(=O)c1ccc(CCCl)cc1. The van der Waals surface area contributed by atoms with Crippen molar-refractivity contribution >= 4 is 27.5 Å². The predicted molar refractivity (Wildman–Crippen MR) is 74.5 cm³/mol. The molecule has 0 heterocycles. The van der Waals surface area contributed by atoms with Crippen LogP contribution in [0.1, 0.15) is 18.9 Å². The summed E-state index contributed by atoms with van der Waals surface area (Å²) in [6, 6.07) is 5.93. The summed E-state index contributed by atoms with van der Waals surface area (Å²) >= 11 is 5.61. The van der Waals surface area contributed by atoms with Crippen LogP contribution in [0.5, 0.6) is 0 Å². The Balaban J connectivity index is 2.79. The number of nitrogens with two attached hydrogens (primary N) is 1. The third-order valence-corrected chi connectivity index (χ3v) is 4.27. The minimum atomic E-state index is -3.63. The van der Waals surface area contributed by atoms with Gasteiger partial charge in [0.1, 0.15) is 0 Å². The van der Waals surface area contributed by atoms with E-state index in [1.807, 2.05) is 0 Å². The van der Waals surface area contributed by atoms with Crippen LogP contribution in [-0.4, -0.2) is 26.2 Å². The van der Waals surface area contributed by atoms with E-state index in [1.165, 1.54) is 12.1 Å². The molecule has 0 saturated carbocycles. The molecule has 7 heteroatoms. The van der Waals surface area contributed by atoms with E-state index in [4.69, 9.17) is 17.3 Å². The topological polar surface area (TPSA) is 89.3 Å². The number of halogens is 1. The largest absolute Gasteiger partial charge is 0.370 e. The van der Waals surface area contributed by atoms with Gasteiger partial charge in [-0.25, -0.2) is 13.1 Å². The Morgan fingerprint density at radius 3 is 2.42 bits per heavy atom. The number of rotatable bonds is 7. The highest BCUT2D eigenvalue weighted by Gasteiger charge is 2.18. The smallest absolute Gasteiger partial charge is 0.240 e. The van der Waals surface area contributed by atoms with Crippen molar-refractivity contribution in [3.63, 3.8) is 0 Å². The highest BCUT2D eigenvalue weighted by atomic mass is 35.5. The zero-order chi connectivity index (χ0) is 14.5. The Hall–Kier alpha value is -1.11. The van der Waals surface area contributed by atoms with Crippen LogP contribution in [0.3, 0.4) is 0 Å². The Morgan fingerprint density at radius 2 is 1.95 bits per heavy atom. The third-order valence-electron chi connectivity index (χ3n) is 2.48. The van der Waals surface area contributed by atoms with E-state index in [-0.39, 0.29) is 11.3 Å². The summed E-state index contributed by atoms with van der Waals surface area (Å²) in [4.78, 5) is 10.9. The molecule has 3 N–H and O–H groups in total. The van der Waals surface area contributed by atoms with E-state index in [2.05, 4.69) is 4.72 Å². The molecule has 1 amide bonds. The van der Waals surface area contributed by atoms with Gasteiger partial charge in [0.05, 0.1) is 4.90 Å². The molecular weight excluding hydrogens is 288 g/mol. The molecule has 0 aliphatic heterocycles. The predicted octanol–water partition coefficient (Wildman–Crippen LogP) is 1.01. The standard InChI is InChI=1S/C12H17ClN2O3S/c1-9(8-12(14)16)15-19(17,18)11-4-2-10(3-5-11)6-7-13/h2-5,9,15H,6-8H2,1H3,(H2,14,16). The molecule has 0 aromatic heterocycles. The van der Waals surface area contributed by atoms with Gasteiger partial charge < -0.3 is 5.73 Å². The number of carbonyl (C=O) groups is 1. The van der Waals surface area contributed by atoms with Gasteiger partial charge in [0.15, 0.2) is 0 Å². The van der Waals surface area contributed by atoms with E-state index in [0.717, 1.165) is 5.56 Å². The summed E-state index contributed by atoms with van der Waals surface area (Å²) < 4.78 is 26.4. The van der Waals surface area contributed by atoms with Crippen LogP contribution < -0.4 is 10.5 Å². The van der Waals surface area contributed by atoms with Crippen molar-refractivity contribution in [2.45, 2.75) is 30.7 Å². The van der Waals surface area contributed by atoms with Crippen molar-refractivity contribution in [1.82, 2.24) is 4.72 Å². The minimum Gasteiger partial charge on any atom is -0.370 e. The lowest BCUT2D eigenvalue weighted by Crippen LogP contribution is -2.35. The number of nitrogens with one attached hydrogen (secondary N) is 1. The van der Waals surface area contributed by atoms with E-state index >= 15 is 0 Å². The number of carbonyl (C=O) groups excluding carboxylic acids is 1. The van der Waals surface area contributed by atoms with Crippen LogP contribution in [0.4, 0.5) is 0 Å². The van der Waals surface area contributed by atoms with Crippen LogP contribution in [0, 0.1) is 0 Å². The second-order valence-electron chi connectivity index (χ2n) is 4.28. The lowest BCUT2D eigenvalue weighted by molar-refractivity contribution is -0.118. The molecule has 19 heavy (non-hydrogen) atoms. The van der Waals surface area contributed by atoms with Gasteiger partial charge in [-0.15, -0.1) is 11.6 Å². The molecule has 1 rings (SSSR count). The maximum absolute atomic E-state index is 12.0. The monoisotopic (exact) mass is 304 g/mol. The second kappa shape index (κ2) is 6.88. The molecule has 1 atom stereocenters. The zero-order valence-corrected chi connectivity index (χ0v) is 12.2. The molecule has 0 fully saturated rings. The molecule has 0 aliphatic carbocycles. The van der Waals surface area contributed by atoms with E-state index in [1.54, 1.807) is 19.1 Å². The van der Waals surface area contributed by atoms with Gasteiger partial charge in [-0.3, -0.25) is 4.79 Å². The zero-order valence-electron chi connectivity index (χ0n) is 10.6. The lowest BCUT2D eigenvalue weighted by atomic mass is 10.2. The first kappa shape index (κ1) is 15.9. The Bertz CT molecular complexity index is 528. The first-order valence-electron chi connectivity index (χ1n) is 5.80. The quantitative estimate of drug-likeness (QED) is 0.737. The van der Waals surface area contributed by atoms with E-state index in [0.29, 0.717) is 12.3 Å². The summed E-state index contributed by atoms with van der Waals surface area (Å²) in [7, 11) is -3.63. The average Bonchev–Trinajstić information content (AvgIpc) is 2.28. The molecular formula is C12H17ClN2O3S. The number of sulfonamides is 1. The normalized spacial score (nSPS) is 13.2. The van der Waals surface area contributed by atoms with Crippen molar-refractivity contribution in [3.8, 4) is 0 Å². The first-order valence-corrected chi connectivity index (χ1v) is 7.82. The average molecular weight is 305 g/mol. The van der Waals surface area contributed by atoms with Crippen molar-refractivity contribution in [2.24, 2.45) is 5.73 Å². The number of aryl methyl sites for hydroxylation is 1. The van der Waals surface area contributed by atoms with Gasteiger partial charge in [-0.05, 0) is 31.0 Å². The fourth-order valence-electron chi connectivity index (χ4n) is 1.62. The molecule has 5 nitrogen and oxygen atoms in total. The fraction of sp³-hybridized carbons (Fsp3) is 0.417. The van der Waals surface area contributed by atoms with Gasteiger partial charge in [-0.2, -0.15) is 0 Å². The highest BCUT2D eigenvalue weighted by molar-refractivity contribution is 7.89. The fourth-order valence-corrected chi connectivity index (χ4v) is 3.08. The number of alkyl halides is 1. The molecule has 106 valence electrons. The second-order valence-corrected chi connectivity index (χ2v) is 6.37. The van der Waals surface area contributed by atoms with Gasteiger partial charge in [0, 0.05) is 18.3 Å².